The average molecular weight is 799 g/mol. The molecule has 0 aromatic heterocycles. The van der Waals surface area contributed by atoms with Crippen LogP contribution in [0.3, 0.4) is 0 Å². The van der Waals surface area contributed by atoms with Crippen LogP contribution >= 0.6 is 23.5 Å². The summed E-state index contributed by atoms with van der Waals surface area (Å²) in [6, 6.07) is 18.9. The maximum atomic E-state index is 13.9. The first-order chi connectivity index (χ1) is 27.0. The van der Waals surface area contributed by atoms with Crippen molar-refractivity contribution in [1.29, 1.82) is 0 Å². The maximum Gasteiger partial charge on any atom is 0.348 e. The molecule has 14 heteroatoms. The Labute approximate surface area is 332 Å². The molecule has 5 fully saturated rings. The van der Waals surface area contributed by atoms with E-state index in [9.17, 15) is 29.4 Å². The molecule has 56 heavy (non-hydrogen) atoms. The zero-order chi connectivity index (χ0) is 38.7. The Morgan fingerprint density at radius 2 is 0.857 bits per heavy atom. The number of hydrogen-bond acceptors (Lipinski definition) is 12. The third kappa shape index (κ3) is 6.25. The van der Waals surface area contributed by atoms with Crippen LogP contribution in [0, 0.1) is 0 Å². The van der Waals surface area contributed by atoms with E-state index in [1.807, 2.05) is 70.5 Å². The molecule has 2 saturated heterocycles. The molecule has 4 spiro atoms. The highest BCUT2D eigenvalue weighted by molar-refractivity contribution is 8.06. The van der Waals surface area contributed by atoms with Gasteiger partial charge in [-0.25, -0.2) is 9.59 Å². The number of ether oxygens (including phenoxy) is 4. The van der Waals surface area contributed by atoms with Crippen LogP contribution in [0.5, 0.6) is 0 Å². The van der Waals surface area contributed by atoms with Crippen LogP contribution in [-0.4, -0.2) is 55.3 Å². The highest BCUT2D eigenvalue weighted by Gasteiger charge is 2.57. The molecule has 3 saturated carbocycles. The molecule has 0 radical (unpaired) electrons. The number of rotatable bonds is 4. The summed E-state index contributed by atoms with van der Waals surface area (Å²) in [6.45, 7) is 0. The molecule has 0 unspecified atom stereocenters. The van der Waals surface area contributed by atoms with E-state index in [1.165, 1.54) is 35.7 Å². The molecular formula is C42H42N2O10S2. The summed E-state index contributed by atoms with van der Waals surface area (Å²) in [5.41, 5.74) is 1.03. The molecule has 4 heterocycles. The van der Waals surface area contributed by atoms with Gasteiger partial charge in [-0.1, -0.05) is 98.4 Å². The monoisotopic (exact) mass is 798 g/mol. The largest absolute Gasteiger partial charge is 0.480 e. The van der Waals surface area contributed by atoms with Gasteiger partial charge in [0.15, 0.2) is 0 Å². The van der Waals surface area contributed by atoms with E-state index in [2.05, 4.69) is 0 Å². The van der Waals surface area contributed by atoms with Crippen molar-refractivity contribution in [1.82, 2.24) is 0 Å². The van der Waals surface area contributed by atoms with Crippen LogP contribution in [0.1, 0.15) is 89.9 Å². The molecule has 2 aromatic carbocycles. The fourth-order valence-electron chi connectivity index (χ4n) is 9.13. The minimum atomic E-state index is -1.58. The number of thioether (sulfide) groups is 2. The van der Waals surface area contributed by atoms with Crippen LogP contribution in [0.2, 0.25) is 0 Å². The molecule has 4 aliphatic heterocycles. The second kappa shape index (κ2) is 14.0. The van der Waals surface area contributed by atoms with E-state index >= 15 is 0 Å². The molecule has 2 amide bonds. The second-order valence-corrected chi connectivity index (χ2v) is 18.2. The van der Waals surface area contributed by atoms with Crippen molar-refractivity contribution in [3.63, 3.8) is 0 Å². The van der Waals surface area contributed by atoms with Crippen molar-refractivity contribution in [2.75, 3.05) is 9.80 Å². The number of esters is 2. The van der Waals surface area contributed by atoms with Crippen molar-refractivity contribution in [2.24, 2.45) is 0 Å². The number of para-hydroxylation sites is 2. The third-order valence-electron chi connectivity index (χ3n) is 11.9. The fourth-order valence-corrected chi connectivity index (χ4v) is 12.2. The lowest BCUT2D eigenvalue weighted by atomic mass is 9.87. The minimum Gasteiger partial charge on any atom is -0.480 e. The number of aliphatic hydroxyl groups is 2. The summed E-state index contributed by atoms with van der Waals surface area (Å²) >= 11 is 2.82. The van der Waals surface area contributed by atoms with Crippen LogP contribution in [0.15, 0.2) is 106 Å². The zero-order valence-electron chi connectivity index (χ0n) is 30.7. The summed E-state index contributed by atoms with van der Waals surface area (Å²) in [4.78, 5) is 58.1. The summed E-state index contributed by atoms with van der Waals surface area (Å²) in [6.07, 6.45) is 11.8. The summed E-state index contributed by atoms with van der Waals surface area (Å²) in [5, 5.41) is 22.2. The molecule has 7 aliphatic rings. The first kappa shape index (κ1) is 36.8. The molecule has 0 atom stereocenters. The van der Waals surface area contributed by atoms with Crippen molar-refractivity contribution < 1.29 is 48.3 Å². The maximum absolute atomic E-state index is 13.9. The molecule has 3 aliphatic carbocycles. The molecule has 9 rings (SSSR count). The topological polar surface area (TPSA) is 152 Å². The molecule has 0 bridgehead atoms. The van der Waals surface area contributed by atoms with E-state index < -0.39 is 45.1 Å². The number of anilines is 2. The quantitative estimate of drug-likeness (QED) is 0.226. The smallest absolute Gasteiger partial charge is 0.348 e. The van der Waals surface area contributed by atoms with Gasteiger partial charge in [0, 0.05) is 37.1 Å². The Morgan fingerprint density at radius 3 is 1.20 bits per heavy atom. The Hall–Kier alpha value is -4.82. The number of amides is 2. The van der Waals surface area contributed by atoms with Gasteiger partial charge in [0.1, 0.15) is 11.1 Å². The molecule has 292 valence electrons. The van der Waals surface area contributed by atoms with Gasteiger partial charge in [-0.2, -0.15) is 0 Å². The zero-order valence-corrected chi connectivity index (χ0v) is 32.3. The Balaban J connectivity index is 0.912. The number of benzene rings is 2. The Kier molecular flexibility index (Phi) is 9.19. The number of aliphatic hydroxyl groups excluding tert-OH is 2. The lowest BCUT2D eigenvalue weighted by Crippen LogP contribution is -2.53. The highest BCUT2D eigenvalue weighted by Crippen LogP contribution is 2.56. The van der Waals surface area contributed by atoms with E-state index in [0.717, 1.165) is 75.6 Å². The van der Waals surface area contributed by atoms with Crippen molar-refractivity contribution >= 4 is 58.7 Å². The van der Waals surface area contributed by atoms with Crippen molar-refractivity contribution in [3.8, 4) is 0 Å². The van der Waals surface area contributed by atoms with Crippen LogP contribution < -0.4 is 9.80 Å². The van der Waals surface area contributed by atoms with Gasteiger partial charge < -0.3 is 29.2 Å². The van der Waals surface area contributed by atoms with Gasteiger partial charge in [0.05, 0.1) is 19.6 Å². The Morgan fingerprint density at radius 1 is 0.500 bits per heavy atom. The lowest BCUT2D eigenvalue weighted by Gasteiger charge is -2.46. The van der Waals surface area contributed by atoms with Gasteiger partial charge >= 0.3 is 11.9 Å². The van der Waals surface area contributed by atoms with Gasteiger partial charge in [0.2, 0.25) is 0 Å². The Bertz CT molecular complexity index is 1940. The lowest BCUT2D eigenvalue weighted by molar-refractivity contribution is -0.302. The summed E-state index contributed by atoms with van der Waals surface area (Å²) in [7, 11) is 0. The molecule has 2 aromatic rings. The first-order valence-corrected chi connectivity index (χ1v) is 21.0. The van der Waals surface area contributed by atoms with Crippen molar-refractivity contribution in [3.05, 3.63) is 106 Å². The molecular weight excluding hydrogens is 757 g/mol. The predicted molar refractivity (Wildman–Crippen MR) is 208 cm³/mol. The number of carbonyl (C=O) groups is 4. The van der Waals surface area contributed by atoms with Crippen LogP contribution in [0.4, 0.5) is 11.4 Å². The average Bonchev–Trinajstić information content (AvgIpc) is 3.61. The first-order valence-electron chi connectivity index (χ1n) is 19.4. The van der Waals surface area contributed by atoms with Crippen LogP contribution in [-0.2, 0) is 38.1 Å². The van der Waals surface area contributed by atoms with Crippen molar-refractivity contribution in [2.45, 2.75) is 111 Å². The SMILES string of the molecule is O=C1OC2(CCC3(CC2)OC(=O)C(/C=C2/SC4(CCCCC4)N(c4ccccc4)C2=O)=C(O)O3)OC(O)=C1/C=C1/SC2(CCCCC2)N(c2ccccc2)C1=O. The number of nitrogens with zero attached hydrogens (tertiary/aromatic N) is 2. The minimum absolute atomic E-state index is 0.0366. The molecule has 12 nitrogen and oxygen atoms in total. The van der Waals surface area contributed by atoms with Gasteiger partial charge in [-0.05, 0) is 62.1 Å². The van der Waals surface area contributed by atoms with Crippen LogP contribution in [0.25, 0.3) is 0 Å². The fraction of sp³-hybridized carbons (Fsp3) is 0.429. The normalized spacial score (nSPS) is 30.1. The van der Waals surface area contributed by atoms with Gasteiger partial charge in [0.25, 0.3) is 35.3 Å². The van der Waals surface area contributed by atoms with Gasteiger partial charge in [-0.15, -0.1) is 0 Å². The summed E-state index contributed by atoms with van der Waals surface area (Å²) in [5.74, 6) is -6.70. The van der Waals surface area contributed by atoms with E-state index in [4.69, 9.17) is 18.9 Å². The number of carbonyl (C=O) groups excluding carboxylic acids is 4. The van der Waals surface area contributed by atoms with E-state index in [-0.39, 0.29) is 48.6 Å². The highest BCUT2D eigenvalue weighted by atomic mass is 32.2. The predicted octanol–water partition coefficient (Wildman–Crippen LogP) is 8.29. The standard InChI is InChI=1S/C42H42N2O10S2/c45-33-31(55-39(17-9-3-10-18-39)43(33)27-13-5-1-6-14-27)25-29-35(47)51-41(52-36(29)48)21-23-42(24-22-41)53-37(49)30(38(50)54-42)26-32-34(46)44(28-15-7-2-8-16-28)40(56-32)19-11-4-12-20-40/h1-2,5-8,13-16,25-26,47,49H,3-4,9-12,17-24H2/b31-25+,32-26+. The summed E-state index contributed by atoms with van der Waals surface area (Å²) < 4.78 is 23.4. The van der Waals surface area contributed by atoms with Gasteiger partial charge in [-0.3, -0.25) is 19.4 Å². The number of hydrogen-bond donors (Lipinski definition) is 2. The van der Waals surface area contributed by atoms with E-state index in [0.29, 0.717) is 9.81 Å². The second-order valence-electron chi connectivity index (χ2n) is 15.4. The molecule has 2 N–H and O–H groups in total. The van der Waals surface area contributed by atoms with E-state index in [1.54, 1.807) is 0 Å². The third-order valence-corrected chi connectivity index (χ3v) is 14.9.